The molecule has 2 aromatic rings. The van der Waals surface area contributed by atoms with E-state index in [0.29, 0.717) is 36.4 Å². The highest BCUT2D eigenvalue weighted by Crippen LogP contribution is 2.16. The van der Waals surface area contributed by atoms with Gasteiger partial charge in [-0.25, -0.2) is 0 Å². The lowest BCUT2D eigenvalue weighted by molar-refractivity contribution is 0.0637. The van der Waals surface area contributed by atoms with E-state index < -0.39 is 0 Å². The van der Waals surface area contributed by atoms with Crippen molar-refractivity contribution >= 4 is 42.3 Å². The summed E-state index contributed by atoms with van der Waals surface area (Å²) < 4.78 is 5.10. The number of carbonyl (C=O) groups is 2. The number of halogens is 2. The number of nitrogens with two attached hydrogens (primary N) is 1. The Labute approximate surface area is 195 Å². The smallest absolute Gasteiger partial charge is 0.254 e. The number of piperazine rings is 1. The van der Waals surface area contributed by atoms with Crippen LogP contribution < -0.4 is 15.8 Å². The van der Waals surface area contributed by atoms with Crippen LogP contribution in [0.3, 0.4) is 0 Å². The van der Waals surface area contributed by atoms with Gasteiger partial charge in [0, 0.05) is 56.1 Å². The Morgan fingerprint density at radius 1 is 1.03 bits per heavy atom. The topological polar surface area (TPSA) is 87.9 Å². The molecule has 2 amide bonds. The molecule has 3 rings (SSSR count). The fourth-order valence-corrected chi connectivity index (χ4v) is 3.39. The molecule has 0 radical (unpaired) electrons. The number of methoxy groups -OCH3 is 1. The Morgan fingerprint density at radius 3 is 2.29 bits per heavy atom. The highest BCUT2D eigenvalue weighted by molar-refractivity contribution is 5.96. The van der Waals surface area contributed by atoms with Crippen LogP contribution in [0.5, 0.6) is 5.75 Å². The Morgan fingerprint density at radius 2 is 1.68 bits per heavy atom. The van der Waals surface area contributed by atoms with Crippen LogP contribution in [0.4, 0.5) is 5.69 Å². The summed E-state index contributed by atoms with van der Waals surface area (Å²) in [5.41, 5.74) is 8.65. The molecule has 9 heteroatoms. The largest absolute Gasteiger partial charge is 0.497 e. The van der Waals surface area contributed by atoms with Crippen molar-refractivity contribution in [2.24, 2.45) is 0 Å². The maximum atomic E-state index is 12.8. The highest BCUT2D eigenvalue weighted by atomic mass is 35.5. The second-order valence-corrected chi connectivity index (χ2v) is 7.19. The van der Waals surface area contributed by atoms with Crippen LogP contribution in [0.25, 0.3) is 0 Å². The van der Waals surface area contributed by atoms with Gasteiger partial charge in [-0.3, -0.25) is 14.5 Å². The van der Waals surface area contributed by atoms with Gasteiger partial charge in [-0.15, -0.1) is 24.8 Å². The van der Waals surface area contributed by atoms with Crippen molar-refractivity contribution in [1.29, 1.82) is 0 Å². The van der Waals surface area contributed by atoms with E-state index in [1.54, 1.807) is 37.4 Å². The lowest BCUT2D eigenvalue weighted by Crippen LogP contribution is -2.50. The third-order valence-corrected chi connectivity index (χ3v) is 5.22. The summed E-state index contributed by atoms with van der Waals surface area (Å²) in [6, 6.07) is 12.5. The normalized spacial score (nSPS) is 13.5. The molecule has 1 heterocycles. The van der Waals surface area contributed by atoms with Crippen molar-refractivity contribution in [2.75, 3.05) is 52.1 Å². The van der Waals surface area contributed by atoms with E-state index in [0.717, 1.165) is 30.9 Å². The van der Waals surface area contributed by atoms with Gasteiger partial charge < -0.3 is 20.7 Å². The number of ether oxygens (including phenoxy) is 1. The van der Waals surface area contributed by atoms with Crippen LogP contribution in [-0.2, 0) is 0 Å². The first-order chi connectivity index (χ1) is 14.0. The number of nitrogens with zero attached hydrogens (tertiary/aromatic N) is 2. The fraction of sp³-hybridized carbons (Fsp3) is 0.364. The zero-order chi connectivity index (χ0) is 20.8. The molecule has 1 fully saturated rings. The third-order valence-electron chi connectivity index (χ3n) is 5.22. The molecule has 31 heavy (non-hydrogen) atoms. The number of aryl methyl sites for hydroxylation is 1. The van der Waals surface area contributed by atoms with Crippen LogP contribution in [0, 0.1) is 6.92 Å². The lowest BCUT2D eigenvalue weighted by Gasteiger charge is -2.35. The van der Waals surface area contributed by atoms with Gasteiger partial charge in [0.1, 0.15) is 5.75 Å². The van der Waals surface area contributed by atoms with Crippen molar-refractivity contribution in [1.82, 2.24) is 15.1 Å². The van der Waals surface area contributed by atoms with Crippen molar-refractivity contribution < 1.29 is 14.3 Å². The molecule has 7 nitrogen and oxygen atoms in total. The van der Waals surface area contributed by atoms with Gasteiger partial charge in [-0.2, -0.15) is 0 Å². The lowest BCUT2D eigenvalue weighted by atomic mass is 10.1. The second kappa shape index (κ2) is 12.4. The molecule has 0 bridgehead atoms. The maximum Gasteiger partial charge on any atom is 0.254 e. The van der Waals surface area contributed by atoms with Gasteiger partial charge in [0.15, 0.2) is 0 Å². The van der Waals surface area contributed by atoms with Crippen molar-refractivity contribution in [3.63, 3.8) is 0 Å². The molecule has 0 spiro atoms. The molecule has 1 saturated heterocycles. The number of hydrogen-bond acceptors (Lipinski definition) is 5. The van der Waals surface area contributed by atoms with Gasteiger partial charge in [0.05, 0.1) is 7.11 Å². The van der Waals surface area contributed by atoms with Crippen LogP contribution in [0.2, 0.25) is 0 Å². The maximum absolute atomic E-state index is 12.8. The molecule has 1 aliphatic rings. The summed E-state index contributed by atoms with van der Waals surface area (Å²) in [5, 5.41) is 2.94. The molecule has 170 valence electrons. The van der Waals surface area contributed by atoms with Crippen molar-refractivity contribution in [3.05, 3.63) is 59.2 Å². The first kappa shape index (κ1) is 26.6. The van der Waals surface area contributed by atoms with Gasteiger partial charge >= 0.3 is 0 Å². The number of carbonyl (C=O) groups excluding carboxylic acids is 2. The number of nitrogen functional groups attached to an aromatic ring is 1. The minimum Gasteiger partial charge on any atom is -0.497 e. The van der Waals surface area contributed by atoms with E-state index in [9.17, 15) is 9.59 Å². The summed E-state index contributed by atoms with van der Waals surface area (Å²) in [6.07, 6.45) is 0. The summed E-state index contributed by atoms with van der Waals surface area (Å²) in [6.45, 7) is 6.14. The molecular formula is C22H30Cl2N4O3. The first-order valence-electron chi connectivity index (χ1n) is 9.78. The third kappa shape index (κ3) is 7.02. The summed E-state index contributed by atoms with van der Waals surface area (Å²) in [4.78, 5) is 29.1. The minimum absolute atomic E-state index is 0. The standard InChI is InChI=1S/C22H28N4O3.2ClH/c1-16-3-6-18(23)15-20(16)22(28)26-13-11-25(12-14-26)10-9-24-21(27)17-4-7-19(29-2)8-5-17;;/h3-8,15H,9-14,23H2,1-2H3,(H,24,27);2*1H. The van der Waals surface area contributed by atoms with Crippen LogP contribution in [0.15, 0.2) is 42.5 Å². The van der Waals surface area contributed by atoms with Gasteiger partial charge in [0.2, 0.25) is 0 Å². The van der Waals surface area contributed by atoms with E-state index >= 15 is 0 Å². The van der Waals surface area contributed by atoms with Gasteiger partial charge in [0.25, 0.3) is 11.8 Å². The molecular weight excluding hydrogens is 439 g/mol. The zero-order valence-corrected chi connectivity index (χ0v) is 19.4. The molecule has 0 aromatic heterocycles. The predicted octanol–water partition coefficient (Wildman–Crippen LogP) is 2.62. The van der Waals surface area contributed by atoms with E-state index in [2.05, 4.69) is 10.2 Å². The predicted molar refractivity (Wildman–Crippen MR) is 128 cm³/mol. The van der Waals surface area contributed by atoms with E-state index in [1.807, 2.05) is 24.0 Å². The number of benzene rings is 2. The first-order valence-corrected chi connectivity index (χ1v) is 9.78. The summed E-state index contributed by atoms with van der Waals surface area (Å²) >= 11 is 0. The fourth-order valence-electron chi connectivity index (χ4n) is 3.39. The van der Waals surface area contributed by atoms with Crippen LogP contribution in [-0.4, -0.2) is 68.0 Å². The molecule has 0 aliphatic carbocycles. The Kier molecular flexibility index (Phi) is 10.6. The minimum atomic E-state index is -0.0985. The number of anilines is 1. The van der Waals surface area contributed by atoms with Gasteiger partial charge in [-0.05, 0) is 48.9 Å². The highest BCUT2D eigenvalue weighted by Gasteiger charge is 2.23. The SMILES string of the molecule is COc1ccc(C(=O)NCCN2CCN(C(=O)c3cc(N)ccc3C)CC2)cc1.Cl.Cl. The number of amides is 2. The Bertz CT molecular complexity index is 870. The summed E-state index contributed by atoms with van der Waals surface area (Å²) in [7, 11) is 1.60. The van der Waals surface area contributed by atoms with Crippen LogP contribution in [0.1, 0.15) is 26.3 Å². The molecule has 0 unspecified atom stereocenters. The Balaban J connectivity index is 0.00000240. The van der Waals surface area contributed by atoms with Crippen molar-refractivity contribution in [3.8, 4) is 5.75 Å². The monoisotopic (exact) mass is 468 g/mol. The number of nitrogens with one attached hydrogen (secondary N) is 1. The average Bonchev–Trinajstić information content (AvgIpc) is 2.75. The number of rotatable bonds is 6. The van der Waals surface area contributed by atoms with Gasteiger partial charge in [-0.1, -0.05) is 6.07 Å². The molecule has 1 aliphatic heterocycles. The van der Waals surface area contributed by atoms with Crippen LogP contribution >= 0.6 is 24.8 Å². The van der Waals surface area contributed by atoms with E-state index in [1.165, 1.54) is 0 Å². The van der Waals surface area contributed by atoms with E-state index in [4.69, 9.17) is 10.5 Å². The quantitative estimate of drug-likeness (QED) is 0.636. The molecule has 3 N–H and O–H groups in total. The second-order valence-electron chi connectivity index (χ2n) is 7.19. The summed E-state index contributed by atoms with van der Waals surface area (Å²) in [5.74, 6) is 0.656. The van der Waals surface area contributed by atoms with E-state index in [-0.39, 0.29) is 36.6 Å². The number of hydrogen-bond donors (Lipinski definition) is 2. The average molecular weight is 469 g/mol. The molecule has 0 saturated carbocycles. The molecule has 2 aromatic carbocycles. The molecule has 0 atom stereocenters. The Hall–Kier alpha value is -2.48. The zero-order valence-electron chi connectivity index (χ0n) is 17.8. The van der Waals surface area contributed by atoms with Crippen molar-refractivity contribution in [2.45, 2.75) is 6.92 Å².